The molecular formula is C13H13NO3. The average Bonchev–Trinajstić information content (AvgIpc) is 2.89. The van der Waals surface area contributed by atoms with Crippen LogP contribution in [-0.4, -0.2) is 25.3 Å². The predicted molar refractivity (Wildman–Crippen MR) is 60.4 cm³/mol. The van der Waals surface area contributed by atoms with Gasteiger partial charge in [-0.1, -0.05) is 12.1 Å². The summed E-state index contributed by atoms with van der Waals surface area (Å²) in [7, 11) is 0. The number of ether oxygens (including phenoxy) is 2. The summed E-state index contributed by atoms with van der Waals surface area (Å²) in [5, 5.41) is 8.65. The molecule has 0 spiro atoms. The summed E-state index contributed by atoms with van der Waals surface area (Å²) in [6, 6.07) is 8.67. The molecule has 0 aromatic heterocycles. The van der Waals surface area contributed by atoms with Gasteiger partial charge in [-0.25, -0.2) is 0 Å². The largest absolute Gasteiger partial charge is 0.350 e. The van der Waals surface area contributed by atoms with E-state index in [1.165, 1.54) is 0 Å². The van der Waals surface area contributed by atoms with Crippen molar-refractivity contribution in [3.8, 4) is 6.07 Å². The molecule has 0 amide bonds. The van der Waals surface area contributed by atoms with Crippen LogP contribution in [0.15, 0.2) is 24.3 Å². The number of hydrogen-bond acceptors (Lipinski definition) is 4. The topological polar surface area (TPSA) is 59.3 Å². The van der Waals surface area contributed by atoms with E-state index in [9.17, 15) is 4.79 Å². The minimum Gasteiger partial charge on any atom is -0.350 e. The van der Waals surface area contributed by atoms with Crippen LogP contribution in [0.4, 0.5) is 0 Å². The third kappa shape index (κ3) is 3.13. The molecule has 0 atom stereocenters. The van der Waals surface area contributed by atoms with Gasteiger partial charge in [0.15, 0.2) is 12.1 Å². The van der Waals surface area contributed by atoms with Gasteiger partial charge in [-0.05, 0) is 12.1 Å². The normalized spacial score (nSPS) is 15.7. The lowest BCUT2D eigenvalue weighted by Gasteiger charge is -2.07. The van der Waals surface area contributed by atoms with Gasteiger partial charge >= 0.3 is 0 Å². The second-order valence-electron chi connectivity index (χ2n) is 3.82. The maximum absolute atomic E-state index is 11.8. The van der Waals surface area contributed by atoms with E-state index < -0.39 is 0 Å². The lowest BCUT2D eigenvalue weighted by molar-refractivity contribution is -0.0464. The van der Waals surface area contributed by atoms with Gasteiger partial charge in [0.05, 0.1) is 24.8 Å². The van der Waals surface area contributed by atoms with Gasteiger partial charge in [-0.15, -0.1) is 0 Å². The first kappa shape index (κ1) is 11.8. The molecule has 1 fully saturated rings. The van der Waals surface area contributed by atoms with E-state index in [-0.39, 0.29) is 12.1 Å². The van der Waals surface area contributed by atoms with Crippen molar-refractivity contribution < 1.29 is 14.3 Å². The van der Waals surface area contributed by atoms with Gasteiger partial charge in [0.2, 0.25) is 0 Å². The number of ketones is 1. The molecule has 0 N–H and O–H groups in total. The Bertz CT molecular complexity index is 427. The molecular weight excluding hydrogens is 218 g/mol. The number of hydrogen-bond donors (Lipinski definition) is 0. The van der Waals surface area contributed by atoms with Crippen molar-refractivity contribution >= 4 is 5.78 Å². The molecule has 0 radical (unpaired) electrons. The summed E-state index contributed by atoms with van der Waals surface area (Å²) in [5.41, 5.74) is 1.19. The zero-order valence-corrected chi connectivity index (χ0v) is 9.39. The molecule has 2 rings (SSSR count). The van der Waals surface area contributed by atoms with Gasteiger partial charge in [0.25, 0.3) is 0 Å². The van der Waals surface area contributed by atoms with Gasteiger partial charge in [0.1, 0.15) is 0 Å². The standard InChI is InChI=1S/C13H13NO3/c14-9-10-1-3-11(4-2-10)12(15)5-6-13-16-7-8-17-13/h1-4,13H,5-8H2. The summed E-state index contributed by atoms with van der Waals surface area (Å²) in [5.74, 6) is 0.0496. The SMILES string of the molecule is N#Cc1ccc(C(=O)CCC2OCCO2)cc1. The zero-order valence-electron chi connectivity index (χ0n) is 9.39. The summed E-state index contributed by atoms with van der Waals surface area (Å²) in [4.78, 5) is 11.8. The number of carbonyl (C=O) groups is 1. The highest BCUT2D eigenvalue weighted by atomic mass is 16.7. The molecule has 1 saturated heterocycles. The van der Waals surface area contributed by atoms with Crippen molar-refractivity contribution in [1.29, 1.82) is 5.26 Å². The Morgan fingerprint density at radius 2 is 1.94 bits per heavy atom. The van der Waals surface area contributed by atoms with E-state index in [2.05, 4.69) is 0 Å². The van der Waals surface area contributed by atoms with Gasteiger partial charge < -0.3 is 9.47 Å². The van der Waals surface area contributed by atoms with E-state index in [0.717, 1.165) is 0 Å². The molecule has 17 heavy (non-hydrogen) atoms. The fourth-order valence-corrected chi connectivity index (χ4v) is 1.70. The summed E-state index contributed by atoms with van der Waals surface area (Å²) in [6.45, 7) is 1.21. The fraction of sp³-hybridized carbons (Fsp3) is 0.385. The van der Waals surface area contributed by atoms with Crippen LogP contribution in [0.3, 0.4) is 0 Å². The average molecular weight is 231 g/mol. The highest BCUT2D eigenvalue weighted by Crippen LogP contribution is 2.13. The molecule has 1 heterocycles. The second-order valence-corrected chi connectivity index (χ2v) is 3.82. The molecule has 4 heteroatoms. The van der Waals surface area contributed by atoms with Crippen LogP contribution < -0.4 is 0 Å². The van der Waals surface area contributed by atoms with Crippen molar-refractivity contribution in [2.24, 2.45) is 0 Å². The summed E-state index contributed by atoms with van der Waals surface area (Å²) in [6.07, 6.45) is 0.743. The molecule has 1 aliphatic rings. The highest BCUT2D eigenvalue weighted by Gasteiger charge is 2.17. The molecule has 88 valence electrons. The van der Waals surface area contributed by atoms with Crippen LogP contribution >= 0.6 is 0 Å². The predicted octanol–water partition coefficient (Wildman–Crippen LogP) is 1.89. The Morgan fingerprint density at radius 3 is 2.53 bits per heavy atom. The molecule has 0 bridgehead atoms. The van der Waals surface area contributed by atoms with Crippen LogP contribution in [0.1, 0.15) is 28.8 Å². The summed E-state index contributed by atoms with van der Waals surface area (Å²) < 4.78 is 10.5. The van der Waals surface area contributed by atoms with E-state index in [4.69, 9.17) is 14.7 Å². The van der Waals surface area contributed by atoms with Gasteiger partial charge in [0, 0.05) is 18.4 Å². The number of Topliss-reactive ketones (excluding diaryl/α,β-unsaturated/α-hetero) is 1. The first-order chi connectivity index (χ1) is 8.29. The molecule has 0 unspecified atom stereocenters. The van der Waals surface area contributed by atoms with E-state index >= 15 is 0 Å². The Hall–Kier alpha value is -1.70. The first-order valence-electron chi connectivity index (χ1n) is 5.56. The quantitative estimate of drug-likeness (QED) is 0.742. The minimum absolute atomic E-state index is 0.0496. The lowest BCUT2D eigenvalue weighted by Crippen LogP contribution is -2.10. The van der Waals surface area contributed by atoms with Crippen molar-refractivity contribution in [1.82, 2.24) is 0 Å². The molecule has 0 saturated carbocycles. The number of carbonyl (C=O) groups excluding carboxylic acids is 1. The smallest absolute Gasteiger partial charge is 0.163 e. The van der Waals surface area contributed by atoms with Gasteiger partial charge in [-0.2, -0.15) is 5.26 Å². The minimum atomic E-state index is -0.239. The lowest BCUT2D eigenvalue weighted by atomic mass is 10.1. The van der Waals surface area contributed by atoms with E-state index in [0.29, 0.717) is 37.2 Å². The van der Waals surface area contributed by atoms with Crippen LogP contribution in [0.5, 0.6) is 0 Å². The highest BCUT2D eigenvalue weighted by molar-refractivity contribution is 5.96. The number of nitrogens with zero attached hydrogens (tertiary/aromatic N) is 1. The third-order valence-electron chi connectivity index (χ3n) is 2.63. The van der Waals surface area contributed by atoms with Crippen LogP contribution in [0.2, 0.25) is 0 Å². The van der Waals surface area contributed by atoms with Crippen molar-refractivity contribution in [3.63, 3.8) is 0 Å². The Labute approximate surface area is 99.8 Å². The monoisotopic (exact) mass is 231 g/mol. The Kier molecular flexibility index (Phi) is 3.86. The molecule has 1 aliphatic heterocycles. The molecule has 1 aromatic carbocycles. The van der Waals surface area contributed by atoms with E-state index in [1.807, 2.05) is 6.07 Å². The Balaban J connectivity index is 1.88. The fourth-order valence-electron chi connectivity index (χ4n) is 1.70. The summed E-state index contributed by atoms with van der Waals surface area (Å²) >= 11 is 0. The van der Waals surface area contributed by atoms with Crippen LogP contribution in [-0.2, 0) is 9.47 Å². The number of benzene rings is 1. The number of rotatable bonds is 4. The van der Waals surface area contributed by atoms with Crippen molar-refractivity contribution in [3.05, 3.63) is 35.4 Å². The van der Waals surface area contributed by atoms with E-state index in [1.54, 1.807) is 24.3 Å². The van der Waals surface area contributed by atoms with Crippen LogP contribution in [0, 0.1) is 11.3 Å². The first-order valence-corrected chi connectivity index (χ1v) is 5.56. The maximum Gasteiger partial charge on any atom is 0.163 e. The Morgan fingerprint density at radius 1 is 1.29 bits per heavy atom. The molecule has 1 aromatic rings. The van der Waals surface area contributed by atoms with Crippen molar-refractivity contribution in [2.45, 2.75) is 19.1 Å². The maximum atomic E-state index is 11.8. The van der Waals surface area contributed by atoms with Gasteiger partial charge in [-0.3, -0.25) is 4.79 Å². The zero-order chi connectivity index (χ0) is 12.1. The van der Waals surface area contributed by atoms with Crippen molar-refractivity contribution in [2.75, 3.05) is 13.2 Å². The second kappa shape index (κ2) is 5.58. The molecule has 0 aliphatic carbocycles. The van der Waals surface area contributed by atoms with Crippen LogP contribution in [0.25, 0.3) is 0 Å². The third-order valence-corrected chi connectivity index (χ3v) is 2.63. The molecule has 4 nitrogen and oxygen atoms in total. The number of nitriles is 1.